The second kappa shape index (κ2) is 45.8. The van der Waals surface area contributed by atoms with Gasteiger partial charge in [-0.15, -0.1) is 0 Å². The van der Waals surface area contributed by atoms with E-state index in [2.05, 4.69) is 62.5 Å². The molecule has 0 radical (unpaired) electrons. The Morgan fingerprint density at radius 3 is 1.32 bits per heavy atom. The molecule has 0 bridgehead atoms. The van der Waals surface area contributed by atoms with E-state index in [9.17, 15) is 19.5 Å². The summed E-state index contributed by atoms with van der Waals surface area (Å²) in [6.07, 6.45) is 55.8. The monoisotopic (exact) mass is 887 g/mol. The van der Waals surface area contributed by atoms with E-state index >= 15 is 0 Å². The number of carboxylic acids is 1. The van der Waals surface area contributed by atoms with Gasteiger partial charge >= 0.3 is 17.9 Å². The molecule has 63 heavy (non-hydrogen) atoms. The van der Waals surface area contributed by atoms with E-state index in [1.807, 2.05) is 21.1 Å². The zero-order chi connectivity index (χ0) is 46.3. The number of likely N-dealkylation sites (N-methyl/N-ethyl adjacent to an activating group) is 1. The van der Waals surface area contributed by atoms with Crippen LogP contribution in [-0.4, -0.2) is 80.6 Å². The molecular formula is C55H100NO7+. The molecule has 0 aromatic carbocycles. The number of quaternary nitrogens is 1. The first-order valence-corrected chi connectivity index (χ1v) is 26.2. The van der Waals surface area contributed by atoms with E-state index in [4.69, 9.17) is 14.2 Å². The van der Waals surface area contributed by atoms with Crippen LogP contribution in [0.3, 0.4) is 0 Å². The van der Waals surface area contributed by atoms with Crippen LogP contribution in [-0.2, 0) is 28.6 Å². The van der Waals surface area contributed by atoms with Crippen molar-refractivity contribution in [1.82, 2.24) is 0 Å². The fourth-order valence-corrected chi connectivity index (χ4v) is 7.73. The molecule has 0 fully saturated rings. The highest BCUT2D eigenvalue weighted by atomic mass is 16.6. The summed E-state index contributed by atoms with van der Waals surface area (Å²) >= 11 is 0. The zero-order valence-electron chi connectivity index (χ0n) is 41.8. The van der Waals surface area contributed by atoms with Crippen molar-refractivity contribution in [3.8, 4) is 0 Å². The molecule has 0 saturated carbocycles. The maximum Gasteiger partial charge on any atom is 0.362 e. The highest BCUT2D eigenvalue weighted by Crippen LogP contribution is 2.16. The van der Waals surface area contributed by atoms with Crippen LogP contribution in [0.4, 0.5) is 0 Å². The van der Waals surface area contributed by atoms with Crippen LogP contribution >= 0.6 is 0 Å². The first-order valence-electron chi connectivity index (χ1n) is 26.2. The third-order valence-corrected chi connectivity index (χ3v) is 11.7. The number of ether oxygens (including phenoxy) is 3. The lowest BCUT2D eigenvalue weighted by Gasteiger charge is -2.31. The highest BCUT2D eigenvalue weighted by Gasteiger charge is 2.31. The van der Waals surface area contributed by atoms with Crippen LogP contribution in [0.1, 0.15) is 232 Å². The van der Waals surface area contributed by atoms with Gasteiger partial charge in [0.15, 0.2) is 12.1 Å². The summed E-state index contributed by atoms with van der Waals surface area (Å²) in [5.74, 6) is -1.47. The fourth-order valence-electron chi connectivity index (χ4n) is 7.73. The topological polar surface area (TPSA) is 99.1 Å². The lowest BCUT2D eigenvalue weighted by atomic mass is 10.0. The van der Waals surface area contributed by atoms with E-state index in [1.54, 1.807) is 0 Å². The number of hydrogen-bond donors (Lipinski definition) is 1. The van der Waals surface area contributed by atoms with Crippen LogP contribution in [0.5, 0.6) is 0 Å². The summed E-state index contributed by atoms with van der Waals surface area (Å²) in [6, 6.07) is -0.616. The third kappa shape index (κ3) is 44.3. The first-order chi connectivity index (χ1) is 30.6. The average molecular weight is 887 g/mol. The Morgan fingerprint density at radius 2 is 0.889 bits per heavy atom. The smallest absolute Gasteiger partial charge is 0.362 e. The molecule has 0 aliphatic heterocycles. The number of aliphatic carboxylic acids is 1. The van der Waals surface area contributed by atoms with Crippen LogP contribution < -0.4 is 0 Å². The van der Waals surface area contributed by atoms with Gasteiger partial charge in [-0.3, -0.25) is 9.59 Å². The van der Waals surface area contributed by atoms with Gasteiger partial charge in [0.05, 0.1) is 34.4 Å². The quantitative estimate of drug-likeness (QED) is 0.0281. The predicted octanol–water partition coefficient (Wildman–Crippen LogP) is 15.1. The number of esters is 2. The number of rotatable bonds is 47. The summed E-state index contributed by atoms with van der Waals surface area (Å²) in [4.78, 5) is 37.2. The summed E-state index contributed by atoms with van der Waals surface area (Å²) in [6.45, 7) is 4.65. The predicted molar refractivity (Wildman–Crippen MR) is 266 cm³/mol. The van der Waals surface area contributed by atoms with Crippen molar-refractivity contribution in [3.63, 3.8) is 0 Å². The normalized spacial score (nSPS) is 13.2. The largest absolute Gasteiger partial charge is 0.477 e. The molecule has 0 aromatic rings. The molecular weight excluding hydrogens is 787 g/mol. The molecule has 0 aliphatic rings. The fraction of sp³-hybridized carbons (Fsp3) is 0.800. The van der Waals surface area contributed by atoms with E-state index in [0.29, 0.717) is 19.3 Å². The summed E-state index contributed by atoms with van der Waals surface area (Å²) in [5.41, 5.74) is 0. The Hall–Kier alpha value is -2.71. The molecule has 0 heterocycles. The standard InChI is InChI=1S/C55H99NO7/c1-6-8-10-12-14-16-18-20-22-24-26-27-28-30-32-34-36-38-40-42-44-46-54(58)63-51(49-61-48-47-52(55(59)60)56(3,4)5)50-62-53(57)45-43-41-39-37-35-33-31-29-25-23-21-19-17-15-13-11-9-7-2/h8,10,14,16,20,22,26-27,51-52H,6-7,9,11-13,15,17-19,21,23-25,28-50H2,1-5H3/p+1/b10-8-,16-14-,22-20-,27-26-. The van der Waals surface area contributed by atoms with E-state index in [-0.39, 0.29) is 36.2 Å². The number of carbonyl (C=O) groups is 3. The average Bonchev–Trinajstić information content (AvgIpc) is 3.24. The number of carbonyl (C=O) groups excluding carboxylic acids is 2. The Morgan fingerprint density at radius 1 is 0.492 bits per heavy atom. The van der Waals surface area contributed by atoms with Crippen LogP contribution in [0.2, 0.25) is 0 Å². The Balaban J connectivity index is 4.23. The summed E-state index contributed by atoms with van der Waals surface area (Å²) in [7, 11) is 5.54. The molecule has 2 unspecified atom stereocenters. The van der Waals surface area contributed by atoms with Crippen LogP contribution in [0.25, 0.3) is 0 Å². The first kappa shape index (κ1) is 60.3. The minimum absolute atomic E-state index is 0.0520. The van der Waals surface area contributed by atoms with Crippen molar-refractivity contribution < 1.29 is 38.2 Å². The second-order valence-corrected chi connectivity index (χ2v) is 18.8. The van der Waals surface area contributed by atoms with Crippen molar-refractivity contribution in [1.29, 1.82) is 0 Å². The Labute approximate surface area is 388 Å². The minimum atomic E-state index is -0.875. The molecule has 0 spiro atoms. The summed E-state index contributed by atoms with van der Waals surface area (Å²) in [5, 5.41) is 9.66. The van der Waals surface area contributed by atoms with Gasteiger partial charge < -0.3 is 23.8 Å². The maximum absolute atomic E-state index is 12.8. The number of nitrogens with zero attached hydrogens (tertiary/aromatic N) is 1. The number of allylic oxidation sites excluding steroid dienone is 8. The van der Waals surface area contributed by atoms with Gasteiger partial charge in [0.2, 0.25) is 0 Å². The van der Waals surface area contributed by atoms with Gasteiger partial charge in [-0.1, -0.05) is 210 Å². The maximum atomic E-state index is 12.8. The lowest BCUT2D eigenvalue weighted by molar-refractivity contribution is -0.887. The molecule has 0 amide bonds. The lowest BCUT2D eigenvalue weighted by Crippen LogP contribution is -2.50. The van der Waals surface area contributed by atoms with Gasteiger partial charge in [0.25, 0.3) is 0 Å². The van der Waals surface area contributed by atoms with Gasteiger partial charge in [0.1, 0.15) is 6.61 Å². The van der Waals surface area contributed by atoms with Crippen LogP contribution in [0.15, 0.2) is 48.6 Å². The van der Waals surface area contributed by atoms with E-state index < -0.39 is 18.1 Å². The summed E-state index contributed by atoms with van der Waals surface area (Å²) < 4.78 is 17.4. The van der Waals surface area contributed by atoms with E-state index in [0.717, 1.165) is 70.6 Å². The highest BCUT2D eigenvalue weighted by molar-refractivity contribution is 5.72. The molecule has 2 atom stereocenters. The van der Waals surface area contributed by atoms with Crippen molar-refractivity contribution >= 4 is 17.9 Å². The number of hydrogen-bond acceptors (Lipinski definition) is 6. The van der Waals surface area contributed by atoms with Crippen molar-refractivity contribution in [2.75, 3.05) is 41.0 Å². The van der Waals surface area contributed by atoms with Crippen molar-refractivity contribution in [2.45, 2.75) is 244 Å². The zero-order valence-corrected chi connectivity index (χ0v) is 41.8. The van der Waals surface area contributed by atoms with Crippen molar-refractivity contribution in [2.24, 2.45) is 0 Å². The number of unbranched alkanes of at least 4 members (excludes halogenated alkanes) is 25. The van der Waals surface area contributed by atoms with E-state index in [1.165, 1.54) is 128 Å². The number of carboxylic acid groups (broad SMARTS) is 1. The molecule has 1 N–H and O–H groups in total. The van der Waals surface area contributed by atoms with Gasteiger partial charge in [-0.05, 0) is 51.4 Å². The third-order valence-electron chi connectivity index (χ3n) is 11.7. The van der Waals surface area contributed by atoms with Gasteiger partial charge in [0, 0.05) is 19.3 Å². The SMILES string of the molecule is CC/C=C\C/C=C\C/C=C\C/C=C\CCCCCCCCCCC(=O)OC(COCCC(C(=O)O)[N+](C)(C)C)COC(=O)CCCCCCCCCCCCCCCCCCCC. The molecule has 8 nitrogen and oxygen atoms in total. The molecule has 0 saturated heterocycles. The van der Waals surface area contributed by atoms with Gasteiger partial charge in [-0.2, -0.15) is 0 Å². The molecule has 0 rings (SSSR count). The minimum Gasteiger partial charge on any atom is -0.477 e. The molecule has 0 aromatic heterocycles. The van der Waals surface area contributed by atoms with Crippen molar-refractivity contribution in [3.05, 3.63) is 48.6 Å². The van der Waals surface area contributed by atoms with Crippen LogP contribution in [0, 0.1) is 0 Å². The van der Waals surface area contributed by atoms with Gasteiger partial charge in [-0.25, -0.2) is 4.79 Å². The molecule has 366 valence electrons. The Bertz CT molecular complexity index is 1170. The Kier molecular flexibility index (Phi) is 43.9. The molecule has 0 aliphatic carbocycles. The molecule has 8 heteroatoms. The second-order valence-electron chi connectivity index (χ2n) is 18.8.